The van der Waals surface area contributed by atoms with Gasteiger partial charge in [0, 0.05) is 0 Å². The van der Waals surface area contributed by atoms with E-state index in [9.17, 15) is 0 Å². The molecule has 206 valence electrons. The van der Waals surface area contributed by atoms with Crippen LogP contribution < -0.4 is 9.64 Å². The third kappa shape index (κ3) is 5.64. The summed E-state index contributed by atoms with van der Waals surface area (Å²) in [5, 5.41) is 0. The Bertz CT molecular complexity index is 1300. The number of nitrogens with zero attached hydrogens (tertiary/aromatic N) is 1. The molecule has 3 aromatic carbocycles. The molecule has 0 radical (unpaired) electrons. The van der Waals surface area contributed by atoms with E-state index >= 15 is 0 Å². The van der Waals surface area contributed by atoms with E-state index in [4.69, 9.17) is 4.74 Å². The van der Waals surface area contributed by atoms with Crippen LogP contribution in [0.1, 0.15) is 103 Å². The summed E-state index contributed by atoms with van der Waals surface area (Å²) < 4.78 is 10.2. The van der Waals surface area contributed by atoms with Crippen LogP contribution in [-0.2, 0) is 21.6 Å². The van der Waals surface area contributed by atoms with Gasteiger partial charge in [-0.05, 0) is 0 Å². The number of rotatable bonds is 7. The van der Waals surface area contributed by atoms with Gasteiger partial charge in [0.1, 0.15) is 0 Å². The van der Waals surface area contributed by atoms with Crippen molar-refractivity contribution in [3.63, 3.8) is 0 Å². The summed E-state index contributed by atoms with van der Waals surface area (Å²) in [6.45, 7) is 20.9. The number of hydrogen-bond acceptors (Lipinski definition) is 2. The van der Waals surface area contributed by atoms with E-state index in [0.29, 0.717) is 11.8 Å². The minimum atomic E-state index is -0.227. The molecule has 1 aliphatic heterocycles. The zero-order valence-electron chi connectivity index (χ0n) is 24.7. The maximum absolute atomic E-state index is 6.21. The van der Waals surface area contributed by atoms with Crippen LogP contribution in [0.2, 0.25) is 0 Å². The van der Waals surface area contributed by atoms with Crippen molar-refractivity contribution in [2.24, 2.45) is 0 Å². The summed E-state index contributed by atoms with van der Waals surface area (Å²) in [7, 11) is 0. The average molecular weight is 597 g/mol. The fourth-order valence-electron chi connectivity index (χ4n) is 5.90. The molecule has 3 heteroatoms. The van der Waals surface area contributed by atoms with Gasteiger partial charge >= 0.3 is 239 Å². The van der Waals surface area contributed by atoms with E-state index < -0.39 is 0 Å². The summed E-state index contributed by atoms with van der Waals surface area (Å²) in [5.41, 5.74) is 6.87. The van der Waals surface area contributed by atoms with Crippen LogP contribution in [-0.4, -0.2) is 20.5 Å². The third-order valence-corrected chi connectivity index (χ3v) is 10.2. The normalized spacial score (nSPS) is 19.2. The molecule has 38 heavy (non-hydrogen) atoms. The summed E-state index contributed by atoms with van der Waals surface area (Å²) in [6, 6.07) is 26.7. The van der Waals surface area contributed by atoms with E-state index in [0.717, 1.165) is 12.2 Å². The molecule has 0 aromatic heterocycles. The summed E-state index contributed by atoms with van der Waals surface area (Å²) in [4.78, 5) is 2.77. The molecule has 1 unspecified atom stereocenters. The van der Waals surface area contributed by atoms with Gasteiger partial charge in [-0.1, -0.05) is 0 Å². The first-order valence-corrected chi connectivity index (χ1v) is 15.9. The first-order valence-electron chi connectivity index (χ1n) is 14.0. The number of para-hydroxylation sites is 2. The van der Waals surface area contributed by atoms with Crippen LogP contribution in [0.5, 0.6) is 5.75 Å². The minimum absolute atomic E-state index is 0.0228. The fourth-order valence-corrected chi connectivity index (χ4v) is 8.72. The van der Waals surface area contributed by atoms with Crippen LogP contribution in [0.25, 0.3) is 0 Å². The molecule has 0 aliphatic carbocycles. The SMILES string of the molecule is CC(C)Oc1ccccc1[CH]=[Ru-2]=[C]1N(c2c(C(C)C)cccc2C(C)C)C(C)(C)CC1(C)c1ccccc1. The Hall–Kier alpha value is -2.38. The number of anilines is 1. The monoisotopic (exact) mass is 597 g/mol. The summed E-state index contributed by atoms with van der Waals surface area (Å²) in [6.07, 6.45) is 1.23. The summed E-state index contributed by atoms with van der Waals surface area (Å²) >= 11 is -0.227. The first kappa shape index (κ1) is 28.6. The van der Waals surface area contributed by atoms with E-state index in [2.05, 4.69) is 145 Å². The van der Waals surface area contributed by atoms with Gasteiger partial charge in [-0.3, -0.25) is 0 Å². The van der Waals surface area contributed by atoms with Gasteiger partial charge in [0.25, 0.3) is 0 Å². The van der Waals surface area contributed by atoms with E-state index in [1.54, 1.807) is 4.23 Å². The zero-order valence-corrected chi connectivity index (χ0v) is 26.4. The van der Waals surface area contributed by atoms with Gasteiger partial charge in [0.05, 0.1) is 0 Å². The molecule has 1 heterocycles. The fraction of sp³-hybridized carbons (Fsp3) is 0.429. The quantitative estimate of drug-likeness (QED) is 0.253. The molecular weight excluding hydrogens is 551 g/mol. The van der Waals surface area contributed by atoms with Crippen LogP contribution in [0.3, 0.4) is 0 Å². The molecule has 1 saturated heterocycles. The van der Waals surface area contributed by atoms with E-state index in [-0.39, 0.29) is 33.3 Å². The second-order valence-electron chi connectivity index (χ2n) is 12.3. The first-order chi connectivity index (χ1) is 18.0. The Balaban J connectivity index is 2.05. The van der Waals surface area contributed by atoms with Gasteiger partial charge in [-0.15, -0.1) is 0 Å². The molecule has 1 aliphatic rings. The van der Waals surface area contributed by atoms with Crippen molar-refractivity contribution in [3.8, 4) is 5.75 Å². The van der Waals surface area contributed by atoms with Gasteiger partial charge in [-0.2, -0.15) is 0 Å². The van der Waals surface area contributed by atoms with Crippen LogP contribution in [0.4, 0.5) is 5.69 Å². The molecule has 1 atom stereocenters. The molecule has 0 N–H and O–H groups in total. The second kappa shape index (κ2) is 11.4. The van der Waals surface area contributed by atoms with Gasteiger partial charge in [0.2, 0.25) is 0 Å². The van der Waals surface area contributed by atoms with Crippen molar-refractivity contribution >= 4 is 14.5 Å². The maximum atomic E-state index is 6.21. The third-order valence-electron chi connectivity index (χ3n) is 7.54. The summed E-state index contributed by atoms with van der Waals surface area (Å²) in [5.74, 6) is 1.88. The predicted molar refractivity (Wildman–Crippen MR) is 162 cm³/mol. The Kier molecular flexibility index (Phi) is 8.58. The molecule has 0 amide bonds. The molecule has 0 saturated carbocycles. The van der Waals surface area contributed by atoms with Crippen LogP contribution in [0.15, 0.2) is 72.8 Å². The van der Waals surface area contributed by atoms with Crippen molar-refractivity contribution in [1.82, 2.24) is 0 Å². The van der Waals surface area contributed by atoms with Crippen LogP contribution >= 0.6 is 0 Å². The Morgan fingerprint density at radius 2 is 1.34 bits per heavy atom. The average Bonchev–Trinajstić information content (AvgIpc) is 3.08. The standard InChI is InChI=1S/C25H33N.C10H12O.Ru/c1-18(2)21-14-11-15-22(19(3)4)23(21)26-17-25(7,16-24(26,5)6)20-12-9-8-10-13-20;1-8(2)11-10-7-5-4-6-9(10)3;/h8-15,18-19H,16H2,1-7H3;3-8H,1-2H3;/q;;-2. The number of benzene rings is 3. The Labute approximate surface area is 238 Å². The van der Waals surface area contributed by atoms with Crippen molar-refractivity contribution < 1.29 is 21.0 Å². The molecule has 4 rings (SSSR count). The Morgan fingerprint density at radius 1 is 0.763 bits per heavy atom. The van der Waals surface area contributed by atoms with Crippen molar-refractivity contribution in [2.75, 3.05) is 4.90 Å². The van der Waals surface area contributed by atoms with Crippen LogP contribution in [0, 0.1) is 0 Å². The van der Waals surface area contributed by atoms with Crippen molar-refractivity contribution in [2.45, 2.75) is 97.6 Å². The van der Waals surface area contributed by atoms with Crippen molar-refractivity contribution in [1.29, 1.82) is 0 Å². The topological polar surface area (TPSA) is 12.5 Å². The molecular formula is C35H45NORu-2. The zero-order chi connectivity index (χ0) is 27.7. The molecule has 2 nitrogen and oxygen atoms in total. The second-order valence-corrected chi connectivity index (χ2v) is 14.1. The van der Waals surface area contributed by atoms with E-state index in [1.165, 1.54) is 27.9 Å². The van der Waals surface area contributed by atoms with Gasteiger partial charge < -0.3 is 0 Å². The van der Waals surface area contributed by atoms with Gasteiger partial charge in [0.15, 0.2) is 0 Å². The Morgan fingerprint density at radius 3 is 1.92 bits per heavy atom. The van der Waals surface area contributed by atoms with E-state index in [1.807, 2.05) is 0 Å². The van der Waals surface area contributed by atoms with Crippen molar-refractivity contribution in [3.05, 3.63) is 95.1 Å². The molecule has 1 fully saturated rings. The molecule has 0 spiro atoms. The molecule has 0 bridgehead atoms. The predicted octanol–water partition coefficient (Wildman–Crippen LogP) is 8.73. The number of ether oxygens (including phenoxy) is 1. The van der Waals surface area contributed by atoms with Gasteiger partial charge in [-0.25, -0.2) is 0 Å². The number of hydrogen-bond donors (Lipinski definition) is 0. The molecule has 3 aromatic rings.